The maximum Gasteiger partial charge on any atom is 0.0362 e. The van der Waals surface area contributed by atoms with Crippen LogP contribution in [0.5, 0.6) is 0 Å². The van der Waals surface area contributed by atoms with Crippen LogP contribution in [-0.2, 0) is 6.42 Å². The van der Waals surface area contributed by atoms with E-state index in [9.17, 15) is 0 Å². The first kappa shape index (κ1) is 16.5. The van der Waals surface area contributed by atoms with Crippen LogP contribution in [0.15, 0.2) is 24.3 Å². The van der Waals surface area contributed by atoms with Gasteiger partial charge in [0.15, 0.2) is 0 Å². The molecule has 0 radical (unpaired) electrons. The van der Waals surface area contributed by atoms with Crippen LogP contribution in [0.1, 0.15) is 43.7 Å². The van der Waals surface area contributed by atoms with Gasteiger partial charge in [-0.2, -0.15) is 0 Å². The molecule has 0 bridgehead atoms. The predicted molar refractivity (Wildman–Crippen MR) is 91.8 cm³/mol. The first-order valence-electron chi connectivity index (χ1n) is 8.38. The van der Waals surface area contributed by atoms with E-state index in [1.54, 1.807) is 0 Å². The second-order valence-corrected chi connectivity index (χ2v) is 7.23. The highest BCUT2D eigenvalue weighted by Gasteiger charge is 2.42. The summed E-state index contributed by atoms with van der Waals surface area (Å²) in [6.07, 6.45) is 6.46. The fourth-order valence-electron chi connectivity index (χ4n) is 4.23. The standard InChI is InChI=1S/C19H32N2/c1-15-8-6-10-17(12-15)13-18(20-3)19(21(4)5)11-7-9-16(2)14-19/h6,8,10,12,16,18,20H,7,9,11,13-14H2,1-5H3. The quantitative estimate of drug-likeness (QED) is 0.890. The number of likely N-dealkylation sites (N-methyl/N-ethyl adjacent to an activating group) is 2. The summed E-state index contributed by atoms with van der Waals surface area (Å²) in [6.45, 7) is 4.60. The van der Waals surface area contributed by atoms with E-state index in [4.69, 9.17) is 0 Å². The van der Waals surface area contributed by atoms with Gasteiger partial charge in [-0.05, 0) is 58.8 Å². The number of hydrogen-bond acceptors (Lipinski definition) is 2. The van der Waals surface area contributed by atoms with E-state index in [1.165, 1.54) is 36.8 Å². The molecule has 1 saturated carbocycles. The third-order valence-electron chi connectivity index (χ3n) is 5.42. The van der Waals surface area contributed by atoms with Crippen molar-refractivity contribution in [2.45, 2.75) is 57.5 Å². The van der Waals surface area contributed by atoms with Crippen LogP contribution >= 0.6 is 0 Å². The molecule has 3 atom stereocenters. The van der Waals surface area contributed by atoms with Gasteiger partial charge in [-0.3, -0.25) is 0 Å². The minimum absolute atomic E-state index is 0.288. The van der Waals surface area contributed by atoms with Crippen LogP contribution < -0.4 is 5.32 Å². The van der Waals surface area contributed by atoms with E-state index in [-0.39, 0.29) is 5.54 Å². The van der Waals surface area contributed by atoms with Crippen LogP contribution in [0.2, 0.25) is 0 Å². The minimum Gasteiger partial charge on any atom is -0.315 e. The molecule has 0 heterocycles. The van der Waals surface area contributed by atoms with E-state index < -0.39 is 0 Å². The molecule has 1 aromatic rings. The van der Waals surface area contributed by atoms with Gasteiger partial charge in [-0.1, -0.05) is 49.6 Å². The Kier molecular flexibility index (Phi) is 5.45. The summed E-state index contributed by atoms with van der Waals surface area (Å²) in [6, 6.07) is 9.48. The Morgan fingerprint density at radius 2 is 2.14 bits per heavy atom. The average Bonchev–Trinajstić information content (AvgIpc) is 2.44. The average molecular weight is 288 g/mol. The summed E-state index contributed by atoms with van der Waals surface area (Å²) in [5.41, 5.74) is 3.10. The van der Waals surface area contributed by atoms with Gasteiger partial charge in [0.2, 0.25) is 0 Å². The molecule has 118 valence electrons. The van der Waals surface area contributed by atoms with E-state index in [0.29, 0.717) is 6.04 Å². The van der Waals surface area contributed by atoms with Gasteiger partial charge < -0.3 is 10.2 Å². The third-order valence-corrected chi connectivity index (χ3v) is 5.42. The van der Waals surface area contributed by atoms with Gasteiger partial charge in [0, 0.05) is 11.6 Å². The van der Waals surface area contributed by atoms with E-state index in [0.717, 1.165) is 12.3 Å². The molecule has 1 fully saturated rings. The zero-order chi connectivity index (χ0) is 15.5. The molecule has 0 aliphatic heterocycles. The van der Waals surface area contributed by atoms with Crippen LogP contribution in [0, 0.1) is 12.8 Å². The molecule has 1 N–H and O–H groups in total. The van der Waals surface area contributed by atoms with Crippen molar-refractivity contribution in [1.82, 2.24) is 10.2 Å². The zero-order valence-electron chi connectivity index (χ0n) is 14.4. The Morgan fingerprint density at radius 1 is 1.38 bits per heavy atom. The molecule has 0 aromatic heterocycles. The molecule has 0 amide bonds. The Labute approximate surface area is 130 Å². The van der Waals surface area contributed by atoms with Crippen molar-refractivity contribution in [2.75, 3.05) is 21.1 Å². The predicted octanol–water partition coefficient (Wildman–Crippen LogP) is 3.64. The fourth-order valence-corrected chi connectivity index (χ4v) is 4.23. The highest BCUT2D eigenvalue weighted by Crippen LogP contribution is 2.39. The molecule has 1 aromatic carbocycles. The monoisotopic (exact) mass is 288 g/mol. The Bertz CT molecular complexity index is 455. The van der Waals surface area contributed by atoms with Gasteiger partial charge in [0.25, 0.3) is 0 Å². The van der Waals surface area contributed by atoms with E-state index >= 15 is 0 Å². The lowest BCUT2D eigenvalue weighted by atomic mass is 9.70. The second kappa shape index (κ2) is 6.93. The number of nitrogens with one attached hydrogen (secondary N) is 1. The summed E-state index contributed by atoms with van der Waals surface area (Å²) in [5.74, 6) is 0.828. The molecule has 21 heavy (non-hydrogen) atoms. The number of aryl methyl sites for hydroxylation is 1. The summed E-state index contributed by atoms with van der Waals surface area (Å²) in [7, 11) is 6.65. The molecule has 3 unspecified atom stereocenters. The fraction of sp³-hybridized carbons (Fsp3) is 0.684. The molecule has 1 aliphatic carbocycles. The first-order chi connectivity index (χ1) is 9.98. The van der Waals surface area contributed by atoms with Crippen LogP contribution in [0.25, 0.3) is 0 Å². The van der Waals surface area contributed by atoms with Crippen molar-refractivity contribution < 1.29 is 0 Å². The molecule has 0 spiro atoms. The second-order valence-electron chi connectivity index (χ2n) is 7.23. The lowest BCUT2D eigenvalue weighted by Gasteiger charge is -2.50. The van der Waals surface area contributed by atoms with Crippen molar-refractivity contribution in [1.29, 1.82) is 0 Å². The Morgan fingerprint density at radius 3 is 2.71 bits per heavy atom. The molecule has 1 aliphatic rings. The number of hydrogen-bond donors (Lipinski definition) is 1. The van der Waals surface area contributed by atoms with Crippen molar-refractivity contribution in [3.05, 3.63) is 35.4 Å². The molecule has 2 rings (SSSR count). The highest BCUT2D eigenvalue weighted by atomic mass is 15.2. The molecular weight excluding hydrogens is 256 g/mol. The Hall–Kier alpha value is -0.860. The maximum absolute atomic E-state index is 3.64. The number of rotatable bonds is 5. The summed E-state index contributed by atoms with van der Waals surface area (Å²) in [4.78, 5) is 2.49. The smallest absolute Gasteiger partial charge is 0.0362 e. The summed E-state index contributed by atoms with van der Waals surface area (Å²) in [5, 5.41) is 3.64. The van der Waals surface area contributed by atoms with Crippen LogP contribution in [-0.4, -0.2) is 37.6 Å². The zero-order valence-corrected chi connectivity index (χ0v) is 14.4. The SMILES string of the molecule is CNC(Cc1cccc(C)c1)C1(N(C)C)CCCC(C)C1. The van der Waals surface area contributed by atoms with Gasteiger partial charge in [0.05, 0.1) is 0 Å². The van der Waals surface area contributed by atoms with Gasteiger partial charge >= 0.3 is 0 Å². The van der Waals surface area contributed by atoms with Crippen molar-refractivity contribution in [3.63, 3.8) is 0 Å². The lowest BCUT2D eigenvalue weighted by Crippen LogP contribution is -2.61. The van der Waals surface area contributed by atoms with Crippen molar-refractivity contribution in [3.8, 4) is 0 Å². The largest absolute Gasteiger partial charge is 0.315 e. The van der Waals surface area contributed by atoms with Gasteiger partial charge in [-0.15, -0.1) is 0 Å². The molecular formula is C19H32N2. The van der Waals surface area contributed by atoms with Crippen LogP contribution in [0.4, 0.5) is 0 Å². The lowest BCUT2D eigenvalue weighted by molar-refractivity contribution is 0.0399. The third kappa shape index (κ3) is 3.67. The maximum atomic E-state index is 3.64. The molecule has 0 saturated heterocycles. The highest BCUT2D eigenvalue weighted by molar-refractivity contribution is 5.24. The number of nitrogens with zero attached hydrogens (tertiary/aromatic N) is 1. The molecule has 2 nitrogen and oxygen atoms in total. The topological polar surface area (TPSA) is 15.3 Å². The number of benzene rings is 1. The van der Waals surface area contributed by atoms with E-state index in [2.05, 4.69) is 69.5 Å². The van der Waals surface area contributed by atoms with Crippen LogP contribution in [0.3, 0.4) is 0 Å². The van der Waals surface area contributed by atoms with Gasteiger partial charge in [0.1, 0.15) is 0 Å². The molecule has 2 heteroatoms. The normalized spacial score (nSPS) is 27.8. The van der Waals surface area contributed by atoms with E-state index in [1.807, 2.05) is 0 Å². The Balaban J connectivity index is 2.23. The summed E-state index contributed by atoms with van der Waals surface area (Å²) >= 11 is 0. The summed E-state index contributed by atoms with van der Waals surface area (Å²) < 4.78 is 0. The van der Waals surface area contributed by atoms with Crippen molar-refractivity contribution in [2.24, 2.45) is 5.92 Å². The first-order valence-corrected chi connectivity index (χ1v) is 8.38. The minimum atomic E-state index is 0.288. The van der Waals surface area contributed by atoms with Crippen molar-refractivity contribution >= 4 is 0 Å². The van der Waals surface area contributed by atoms with Gasteiger partial charge in [-0.25, -0.2) is 0 Å².